The molecule has 2 aliphatic rings. The fourth-order valence-electron chi connectivity index (χ4n) is 3.41. The van der Waals surface area contributed by atoms with Gasteiger partial charge in [0.1, 0.15) is 0 Å². The molecule has 2 nitrogen and oxygen atoms in total. The maximum Gasteiger partial charge on any atom is 0.0367 e. The third kappa shape index (κ3) is 2.99. The number of hydrogen-bond acceptors (Lipinski definition) is 3. The van der Waals surface area contributed by atoms with E-state index < -0.39 is 0 Å². The minimum absolute atomic E-state index is 0.626. The van der Waals surface area contributed by atoms with E-state index in [1.807, 2.05) is 11.8 Å². The number of hydrogen-bond donors (Lipinski definition) is 1. The number of rotatable bonds is 2. The SMILES string of the molecule is CN(C1CCCNCC1)C1CCSc2ccccc21. The summed E-state index contributed by atoms with van der Waals surface area (Å²) in [4.78, 5) is 4.16. The van der Waals surface area contributed by atoms with Crippen molar-refractivity contribution in [3.8, 4) is 0 Å². The zero-order chi connectivity index (χ0) is 13.1. The molecule has 0 bridgehead atoms. The van der Waals surface area contributed by atoms with E-state index in [1.165, 1.54) is 49.4 Å². The quantitative estimate of drug-likeness (QED) is 0.892. The molecule has 2 atom stereocenters. The molecule has 0 amide bonds. The number of benzene rings is 1. The molecule has 2 unspecified atom stereocenters. The van der Waals surface area contributed by atoms with Crippen molar-refractivity contribution in [2.45, 2.75) is 42.7 Å². The average Bonchev–Trinajstić information content (AvgIpc) is 2.75. The van der Waals surface area contributed by atoms with Crippen LogP contribution in [0.1, 0.15) is 37.3 Å². The number of nitrogens with zero attached hydrogens (tertiary/aromatic N) is 1. The Bertz CT molecular complexity index is 413. The monoisotopic (exact) mass is 276 g/mol. The predicted octanol–water partition coefficient (Wildman–Crippen LogP) is 3.30. The summed E-state index contributed by atoms with van der Waals surface area (Å²) in [5.74, 6) is 1.26. The van der Waals surface area contributed by atoms with Crippen molar-refractivity contribution in [2.75, 3.05) is 25.9 Å². The number of thioether (sulfide) groups is 1. The van der Waals surface area contributed by atoms with Crippen molar-refractivity contribution in [3.63, 3.8) is 0 Å². The van der Waals surface area contributed by atoms with E-state index in [1.54, 1.807) is 5.56 Å². The molecule has 1 saturated heterocycles. The van der Waals surface area contributed by atoms with E-state index in [9.17, 15) is 0 Å². The Morgan fingerprint density at radius 1 is 1.16 bits per heavy atom. The third-order valence-corrected chi connectivity index (χ3v) is 5.66. The van der Waals surface area contributed by atoms with Crippen LogP contribution in [0, 0.1) is 0 Å². The minimum atomic E-state index is 0.626. The standard InChI is InChI=1S/C16H24N2S/c1-18(13-5-4-10-17-11-8-13)15-9-12-19-16-7-3-2-6-14(15)16/h2-3,6-7,13,15,17H,4-5,8-12H2,1H3. The molecule has 2 heterocycles. The van der Waals surface area contributed by atoms with Crippen LogP contribution in [0.25, 0.3) is 0 Å². The van der Waals surface area contributed by atoms with Gasteiger partial charge >= 0.3 is 0 Å². The maximum absolute atomic E-state index is 3.52. The largest absolute Gasteiger partial charge is 0.317 e. The molecule has 1 N–H and O–H groups in total. The van der Waals surface area contributed by atoms with Crippen LogP contribution in [0.3, 0.4) is 0 Å². The summed E-state index contributed by atoms with van der Waals surface area (Å²) < 4.78 is 0. The van der Waals surface area contributed by atoms with Gasteiger partial charge in [0.05, 0.1) is 0 Å². The van der Waals surface area contributed by atoms with Crippen molar-refractivity contribution in [3.05, 3.63) is 29.8 Å². The molecule has 3 rings (SSSR count). The van der Waals surface area contributed by atoms with Crippen LogP contribution in [0.4, 0.5) is 0 Å². The highest BCUT2D eigenvalue weighted by Gasteiger charge is 2.28. The van der Waals surface area contributed by atoms with Gasteiger partial charge in [-0.15, -0.1) is 11.8 Å². The Balaban J connectivity index is 1.78. The van der Waals surface area contributed by atoms with Crippen LogP contribution in [0.2, 0.25) is 0 Å². The van der Waals surface area contributed by atoms with Gasteiger partial charge in [0, 0.05) is 17.0 Å². The van der Waals surface area contributed by atoms with Gasteiger partial charge in [-0.05, 0) is 63.2 Å². The van der Waals surface area contributed by atoms with Crippen molar-refractivity contribution in [2.24, 2.45) is 0 Å². The molecule has 1 aromatic rings. The lowest BCUT2D eigenvalue weighted by molar-refractivity contribution is 0.154. The molecular formula is C16H24N2S. The van der Waals surface area contributed by atoms with Crippen LogP contribution in [-0.4, -0.2) is 36.8 Å². The van der Waals surface area contributed by atoms with Gasteiger partial charge in [0.25, 0.3) is 0 Å². The highest BCUT2D eigenvalue weighted by Crippen LogP contribution is 2.40. The first-order valence-electron chi connectivity index (χ1n) is 7.50. The van der Waals surface area contributed by atoms with Crippen molar-refractivity contribution in [1.29, 1.82) is 0 Å². The summed E-state index contributed by atoms with van der Waals surface area (Å²) in [5.41, 5.74) is 1.55. The Hall–Kier alpha value is -0.510. The van der Waals surface area contributed by atoms with E-state index in [-0.39, 0.29) is 0 Å². The molecular weight excluding hydrogens is 252 g/mol. The Labute approximate surface area is 121 Å². The summed E-state index contributed by atoms with van der Waals surface area (Å²) in [6, 6.07) is 10.4. The zero-order valence-corrected chi connectivity index (χ0v) is 12.6. The molecule has 19 heavy (non-hydrogen) atoms. The van der Waals surface area contributed by atoms with Gasteiger partial charge < -0.3 is 5.32 Å². The van der Waals surface area contributed by atoms with E-state index >= 15 is 0 Å². The Morgan fingerprint density at radius 2 is 2.05 bits per heavy atom. The first-order chi connectivity index (χ1) is 9.36. The lowest BCUT2D eigenvalue weighted by atomic mass is 9.98. The van der Waals surface area contributed by atoms with E-state index in [4.69, 9.17) is 0 Å². The molecule has 0 aliphatic carbocycles. The summed E-state index contributed by atoms with van der Waals surface area (Å²) in [6.07, 6.45) is 5.25. The molecule has 3 heteroatoms. The second-order valence-corrected chi connectivity index (χ2v) is 6.83. The summed E-state index contributed by atoms with van der Waals surface area (Å²) >= 11 is 2.02. The van der Waals surface area contributed by atoms with Crippen LogP contribution < -0.4 is 5.32 Å². The maximum atomic E-state index is 3.52. The second kappa shape index (κ2) is 6.29. The predicted molar refractivity (Wildman–Crippen MR) is 82.8 cm³/mol. The van der Waals surface area contributed by atoms with Crippen LogP contribution in [-0.2, 0) is 0 Å². The van der Waals surface area contributed by atoms with Gasteiger partial charge in [0.15, 0.2) is 0 Å². The van der Waals surface area contributed by atoms with Gasteiger partial charge in [-0.25, -0.2) is 0 Å². The smallest absolute Gasteiger partial charge is 0.0367 e. The van der Waals surface area contributed by atoms with Crippen LogP contribution in [0.15, 0.2) is 29.2 Å². The lowest BCUT2D eigenvalue weighted by Gasteiger charge is -2.38. The molecule has 2 aliphatic heterocycles. The van der Waals surface area contributed by atoms with E-state index in [2.05, 4.69) is 41.5 Å². The van der Waals surface area contributed by atoms with Crippen molar-refractivity contribution >= 4 is 11.8 Å². The second-order valence-electron chi connectivity index (χ2n) is 5.69. The van der Waals surface area contributed by atoms with Gasteiger partial charge in [-0.3, -0.25) is 4.90 Å². The fraction of sp³-hybridized carbons (Fsp3) is 0.625. The molecule has 0 spiro atoms. The lowest BCUT2D eigenvalue weighted by Crippen LogP contribution is -2.37. The number of fused-ring (bicyclic) bond motifs is 1. The topological polar surface area (TPSA) is 15.3 Å². The van der Waals surface area contributed by atoms with Crippen molar-refractivity contribution in [1.82, 2.24) is 10.2 Å². The summed E-state index contributed by atoms with van der Waals surface area (Å²) in [6.45, 7) is 2.37. The van der Waals surface area contributed by atoms with Gasteiger partial charge in [-0.2, -0.15) is 0 Å². The van der Waals surface area contributed by atoms with E-state index in [0.717, 1.165) is 6.04 Å². The average molecular weight is 276 g/mol. The Morgan fingerprint density at radius 3 is 3.00 bits per heavy atom. The molecule has 0 aromatic heterocycles. The van der Waals surface area contributed by atoms with Crippen LogP contribution in [0.5, 0.6) is 0 Å². The van der Waals surface area contributed by atoms with E-state index in [0.29, 0.717) is 6.04 Å². The normalized spacial score (nSPS) is 27.9. The molecule has 0 saturated carbocycles. The highest BCUT2D eigenvalue weighted by molar-refractivity contribution is 7.99. The molecule has 1 aromatic carbocycles. The summed E-state index contributed by atoms with van der Waals surface area (Å²) in [7, 11) is 2.34. The molecule has 1 fully saturated rings. The highest BCUT2D eigenvalue weighted by atomic mass is 32.2. The minimum Gasteiger partial charge on any atom is -0.317 e. The van der Waals surface area contributed by atoms with Crippen LogP contribution >= 0.6 is 11.8 Å². The first kappa shape index (κ1) is 13.5. The fourth-order valence-corrected chi connectivity index (χ4v) is 4.52. The van der Waals surface area contributed by atoms with Gasteiger partial charge in [-0.1, -0.05) is 18.2 Å². The molecule has 0 radical (unpaired) electrons. The van der Waals surface area contributed by atoms with Crippen molar-refractivity contribution < 1.29 is 0 Å². The number of nitrogens with one attached hydrogen (secondary N) is 1. The molecule has 104 valence electrons. The summed E-state index contributed by atoms with van der Waals surface area (Å²) in [5, 5.41) is 3.52. The first-order valence-corrected chi connectivity index (χ1v) is 8.49. The van der Waals surface area contributed by atoms with Gasteiger partial charge in [0.2, 0.25) is 0 Å². The Kier molecular flexibility index (Phi) is 4.46. The zero-order valence-electron chi connectivity index (χ0n) is 11.8. The third-order valence-electron chi connectivity index (χ3n) is 4.54.